The summed E-state index contributed by atoms with van der Waals surface area (Å²) in [6, 6.07) is 10.5. The summed E-state index contributed by atoms with van der Waals surface area (Å²) in [6.07, 6.45) is 0. The number of rotatable bonds is 7. The number of carbonyl (C=O) groups is 1. The minimum atomic E-state index is -0.432. The van der Waals surface area contributed by atoms with Gasteiger partial charge in [0.2, 0.25) is 5.91 Å². The van der Waals surface area contributed by atoms with Crippen molar-refractivity contribution < 1.29 is 14.3 Å². The Kier molecular flexibility index (Phi) is 6.53. The topological polar surface area (TPSA) is 59.6 Å². The Hall–Kier alpha value is -2.40. The van der Waals surface area contributed by atoms with Crippen molar-refractivity contribution >= 4 is 28.9 Å². The Morgan fingerprint density at radius 1 is 1.24 bits per heavy atom. The van der Waals surface area contributed by atoms with Gasteiger partial charge in [0.15, 0.2) is 0 Å². The first-order chi connectivity index (χ1) is 11.9. The Morgan fingerprint density at radius 2 is 1.92 bits per heavy atom. The van der Waals surface area contributed by atoms with E-state index in [0.29, 0.717) is 23.1 Å². The molecule has 2 aromatic carbocycles. The summed E-state index contributed by atoms with van der Waals surface area (Å²) in [7, 11) is 1.54. The summed E-state index contributed by atoms with van der Waals surface area (Å²) < 4.78 is 10.7. The molecule has 134 valence electrons. The quantitative estimate of drug-likeness (QED) is 0.761. The van der Waals surface area contributed by atoms with Crippen molar-refractivity contribution in [3.63, 3.8) is 0 Å². The molecule has 0 aromatic heterocycles. The predicted molar refractivity (Wildman–Crippen MR) is 102 cm³/mol. The number of benzene rings is 2. The standard InChI is InChI=1S/C19H23ClN2O3/c1-5-25-15-8-6-14(7-9-15)21-13(3)19(23)22-17-10-12(2)16(20)11-18(17)24-4/h6-11,13,21H,5H2,1-4H3,(H,22,23). The van der Waals surface area contributed by atoms with Crippen LogP contribution in [-0.4, -0.2) is 25.7 Å². The zero-order valence-electron chi connectivity index (χ0n) is 14.9. The maximum atomic E-state index is 12.5. The lowest BCUT2D eigenvalue weighted by atomic mass is 10.2. The summed E-state index contributed by atoms with van der Waals surface area (Å²) in [6.45, 7) is 6.22. The number of anilines is 2. The first-order valence-corrected chi connectivity index (χ1v) is 8.46. The summed E-state index contributed by atoms with van der Waals surface area (Å²) >= 11 is 6.09. The van der Waals surface area contributed by atoms with Gasteiger partial charge in [-0.1, -0.05) is 11.6 Å². The maximum Gasteiger partial charge on any atom is 0.246 e. The molecule has 1 unspecified atom stereocenters. The molecule has 0 spiro atoms. The number of amides is 1. The summed E-state index contributed by atoms with van der Waals surface area (Å²) in [5, 5.41) is 6.62. The fraction of sp³-hybridized carbons (Fsp3) is 0.316. The van der Waals surface area contributed by atoms with Gasteiger partial charge in [-0.15, -0.1) is 0 Å². The van der Waals surface area contributed by atoms with Gasteiger partial charge in [0, 0.05) is 16.8 Å². The third-order valence-electron chi connectivity index (χ3n) is 3.68. The average Bonchev–Trinajstić information content (AvgIpc) is 2.59. The zero-order valence-corrected chi connectivity index (χ0v) is 15.6. The summed E-state index contributed by atoms with van der Waals surface area (Å²) in [5.41, 5.74) is 2.30. The number of ether oxygens (including phenoxy) is 2. The fourth-order valence-corrected chi connectivity index (χ4v) is 2.45. The molecule has 5 nitrogen and oxygen atoms in total. The highest BCUT2D eigenvalue weighted by Crippen LogP contribution is 2.31. The van der Waals surface area contributed by atoms with E-state index in [1.165, 1.54) is 7.11 Å². The first-order valence-electron chi connectivity index (χ1n) is 8.09. The van der Waals surface area contributed by atoms with E-state index in [-0.39, 0.29) is 5.91 Å². The van der Waals surface area contributed by atoms with Gasteiger partial charge >= 0.3 is 0 Å². The molecule has 1 amide bonds. The van der Waals surface area contributed by atoms with E-state index in [4.69, 9.17) is 21.1 Å². The molecule has 0 heterocycles. The molecule has 2 N–H and O–H groups in total. The second-order valence-electron chi connectivity index (χ2n) is 5.61. The number of methoxy groups -OCH3 is 1. The van der Waals surface area contributed by atoms with Crippen LogP contribution in [0.3, 0.4) is 0 Å². The van der Waals surface area contributed by atoms with Gasteiger partial charge in [0.1, 0.15) is 17.5 Å². The van der Waals surface area contributed by atoms with Gasteiger partial charge < -0.3 is 20.1 Å². The van der Waals surface area contributed by atoms with Crippen molar-refractivity contribution in [2.75, 3.05) is 24.4 Å². The van der Waals surface area contributed by atoms with Crippen molar-refractivity contribution in [1.29, 1.82) is 0 Å². The number of aryl methyl sites for hydroxylation is 1. The Balaban J connectivity index is 2.04. The number of carbonyl (C=O) groups excluding carboxylic acids is 1. The molecule has 0 saturated heterocycles. The Bertz CT molecular complexity index is 732. The number of halogens is 1. The maximum absolute atomic E-state index is 12.5. The molecule has 0 aliphatic heterocycles. The lowest BCUT2D eigenvalue weighted by molar-refractivity contribution is -0.116. The molecule has 0 aliphatic carbocycles. The monoisotopic (exact) mass is 362 g/mol. The molecule has 0 radical (unpaired) electrons. The number of hydrogen-bond acceptors (Lipinski definition) is 4. The third kappa shape index (κ3) is 5.03. The smallest absolute Gasteiger partial charge is 0.246 e. The molecule has 1 atom stereocenters. The average molecular weight is 363 g/mol. The van der Waals surface area contributed by atoms with Gasteiger partial charge in [0.05, 0.1) is 19.4 Å². The van der Waals surface area contributed by atoms with Gasteiger partial charge in [-0.3, -0.25) is 4.79 Å². The van der Waals surface area contributed by atoms with E-state index in [0.717, 1.165) is 17.0 Å². The van der Waals surface area contributed by atoms with Gasteiger partial charge in [0.25, 0.3) is 0 Å². The van der Waals surface area contributed by atoms with Crippen molar-refractivity contribution in [3.8, 4) is 11.5 Å². The largest absolute Gasteiger partial charge is 0.495 e. The van der Waals surface area contributed by atoms with Crippen molar-refractivity contribution in [2.24, 2.45) is 0 Å². The van der Waals surface area contributed by atoms with Crippen LogP contribution < -0.4 is 20.1 Å². The molecule has 0 aliphatic rings. The van der Waals surface area contributed by atoms with E-state index in [2.05, 4.69) is 10.6 Å². The number of hydrogen-bond donors (Lipinski definition) is 2. The van der Waals surface area contributed by atoms with Gasteiger partial charge in [-0.2, -0.15) is 0 Å². The molecule has 2 aromatic rings. The van der Waals surface area contributed by atoms with E-state index in [1.54, 1.807) is 19.1 Å². The van der Waals surface area contributed by atoms with Crippen LogP contribution >= 0.6 is 11.6 Å². The molecule has 0 saturated carbocycles. The first kappa shape index (κ1) is 18.9. The van der Waals surface area contributed by atoms with Crippen LogP contribution in [0.2, 0.25) is 5.02 Å². The highest BCUT2D eigenvalue weighted by atomic mass is 35.5. The highest BCUT2D eigenvalue weighted by molar-refractivity contribution is 6.31. The molecule has 0 fully saturated rings. The lowest BCUT2D eigenvalue weighted by Gasteiger charge is -2.17. The fourth-order valence-electron chi connectivity index (χ4n) is 2.30. The summed E-state index contributed by atoms with van der Waals surface area (Å²) in [4.78, 5) is 12.5. The minimum absolute atomic E-state index is 0.172. The highest BCUT2D eigenvalue weighted by Gasteiger charge is 2.16. The lowest BCUT2D eigenvalue weighted by Crippen LogP contribution is -2.32. The normalized spacial score (nSPS) is 11.6. The summed E-state index contributed by atoms with van der Waals surface area (Å²) in [5.74, 6) is 1.15. The van der Waals surface area contributed by atoms with E-state index in [9.17, 15) is 4.79 Å². The molecule has 2 rings (SSSR count). The number of nitrogens with one attached hydrogen (secondary N) is 2. The van der Waals surface area contributed by atoms with E-state index < -0.39 is 6.04 Å². The van der Waals surface area contributed by atoms with Crippen LogP contribution in [0.25, 0.3) is 0 Å². The van der Waals surface area contributed by atoms with Crippen LogP contribution in [0.15, 0.2) is 36.4 Å². The van der Waals surface area contributed by atoms with Crippen molar-refractivity contribution in [1.82, 2.24) is 0 Å². The Morgan fingerprint density at radius 3 is 2.52 bits per heavy atom. The SMILES string of the molecule is CCOc1ccc(NC(C)C(=O)Nc2cc(C)c(Cl)cc2OC)cc1. The molecule has 0 bridgehead atoms. The van der Waals surface area contributed by atoms with Crippen LogP contribution in [0.1, 0.15) is 19.4 Å². The van der Waals surface area contributed by atoms with Gasteiger partial charge in [-0.05, 0) is 56.7 Å². The molecular weight excluding hydrogens is 340 g/mol. The molecular formula is C19H23ClN2O3. The predicted octanol–water partition coefficient (Wildman–Crippen LogP) is 4.49. The zero-order chi connectivity index (χ0) is 18.4. The minimum Gasteiger partial charge on any atom is -0.495 e. The molecule has 6 heteroatoms. The van der Waals surface area contributed by atoms with Crippen molar-refractivity contribution in [2.45, 2.75) is 26.8 Å². The van der Waals surface area contributed by atoms with Crippen LogP contribution in [0.5, 0.6) is 11.5 Å². The van der Waals surface area contributed by atoms with Crippen LogP contribution in [0.4, 0.5) is 11.4 Å². The van der Waals surface area contributed by atoms with Crippen LogP contribution in [-0.2, 0) is 4.79 Å². The second kappa shape index (κ2) is 8.62. The Labute approximate surface area is 153 Å². The van der Waals surface area contributed by atoms with Gasteiger partial charge in [-0.25, -0.2) is 0 Å². The van der Waals surface area contributed by atoms with E-state index in [1.807, 2.05) is 38.1 Å². The van der Waals surface area contributed by atoms with Crippen molar-refractivity contribution in [3.05, 3.63) is 47.0 Å². The van der Waals surface area contributed by atoms with Crippen LogP contribution in [0, 0.1) is 6.92 Å². The second-order valence-corrected chi connectivity index (χ2v) is 6.02. The third-order valence-corrected chi connectivity index (χ3v) is 4.09. The van der Waals surface area contributed by atoms with E-state index >= 15 is 0 Å². The molecule has 25 heavy (non-hydrogen) atoms.